The summed E-state index contributed by atoms with van der Waals surface area (Å²) >= 11 is 6.10. The number of ether oxygens (including phenoxy) is 2. The van der Waals surface area contributed by atoms with Gasteiger partial charge < -0.3 is 9.47 Å². The largest absolute Gasteiger partial charge is 0.497 e. The molecule has 0 aliphatic carbocycles. The molecule has 1 rings (SSSR count). The Kier molecular flexibility index (Phi) is 7.04. The Morgan fingerprint density at radius 3 is 2.84 bits per heavy atom. The number of halogens is 1. The predicted octanol–water partition coefficient (Wildman–Crippen LogP) is 3.79. The molecular formula is C15H19ClO3. The van der Waals surface area contributed by atoms with E-state index in [2.05, 4.69) is 6.92 Å². The number of hydrogen-bond donors (Lipinski definition) is 0. The van der Waals surface area contributed by atoms with E-state index in [0.29, 0.717) is 18.1 Å². The first-order chi connectivity index (χ1) is 9.17. The van der Waals surface area contributed by atoms with Crippen molar-refractivity contribution >= 4 is 17.6 Å². The molecule has 0 radical (unpaired) electrons. The smallest absolute Gasteiger partial charge is 0.330 e. The van der Waals surface area contributed by atoms with Gasteiger partial charge in [-0.3, -0.25) is 0 Å². The molecule has 0 saturated heterocycles. The first-order valence-electron chi connectivity index (χ1n) is 6.33. The molecule has 104 valence electrons. The van der Waals surface area contributed by atoms with Crippen LogP contribution in [0.5, 0.6) is 5.75 Å². The first kappa shape index (κ1) is 15.6. The van der Waals surface area contributed by atoms with Gasteiger partial charge in [0.15, 0.2) is 0 Å². The van der Waals surface area contributed by atoms with Crippen molar-refractivity contribution in [3.05, 3.63) is 40.9 Å². The Morgan fingerprint density at radius 1 is 1.42 bits per heavy atom. The number of hydrogen-bond acceptors (Lipinski definition) is 3. The van der Waals surface area contributed by atoms with Gasteiger partial charge in [0.25, 0.3) is 0 Å². The Hall–Kier alpha value is -1.48. The molecule has 0 unspecified atom stereocenters. The van der Waals surface area contributed by atoms with Crippen LogP contribution in [0.25, 0.3) is 0 Å². The van der Waals surface area contributed by atoms with E-state index in [1.165, 1.54) is 6.08 Å². The molecule has 0 fully saturated rings. The summed E-state index contributed by atoms with van der Waals surface area (Å²) in [6.45, 7) is 2.53. The summed E-state index contributed by atoms with van der Waals surface area (Å²) in [6.07, 6.45) is 5.69. The van der Waals surface area contributed by atoms with E-state index in [0.717, 1.165) is 24.2 Å². The lowest BCUT2D eigenvalue weighted by Crippen LogP contribution is -2.01. The molecule has 19 heavy (non-hydrogen) atoms. The number of carbonyl (C=O) groups is 1. The first-order valence-corrected chi connectivity index (χ1v) is 6.71. The van der Waals surface area contributed by atoms with E-state index in [1.54, 1.807) is 19.3 Å². The SMILES string of the molecule is CCCCOC(=O)/C=C/Cc1ccc(OC)cc1Cl. The lowest BCUT2D eigenvalue weighted by atomic mass is 10.1. The standard InChI is InChI=1S/C15H19ClO3/c1-3-4-10-19-15(17)7-5-6-12-8-9-13(18-2)11-14(12)16/h5,7-9,11H,3-4,6,10H2,1-2H3/b7-5+. The van der Waals surface area contributed by atoms with Gasteiger partial charge in [0.1, 0.15) is 5.75 Å². The summed E-state index contributed by atoms with van der Waals surface area (Å²) in [5, 5.41) is 0.628. The van der Waals surface area contributed by atoms with E-state index in [4.69, 9.17) is 21.1 Å². The Bertz CT molecular complexity index is 441. The molecule has 0 N–H and O–H groups in total. The highest BCUT2D eigenvalue weighted by molar-refractivity contribution is 6.31. The van der Waals surface area contributed by atoms with Gasteiger partial charge in [-0.05, 0) is 30.5 Å². The number of rotatable bonds is 7. The molecule has 0 spiro atoms. The number of methoxy groups -OCH3 is 1. The maximum atomic E-state index is 11.3. The van der Waals surface area contributed by atoms with Crippen LogP contribution in [-0.4, -0.2) is 19.7 Å². The monoisotopic (exact) mass is 282 g/mol. The van der Waals surface area contributed by atoms with Crippen molar-refractivity contribution in [2.75, 3.05) is 13.7 Å². The minimum atomic E-state index is -0.307. The van der Waals surface area contributed by atoms with Crippen molar-refractivity contribution in [2.24, 2.45) is 0 Å². The Morgan fingerprint density at radius 2 is 2.21 bits per heavy atom. The highest BCUT2D eigenvalue weighted by Gasteiger charge is 2.01. The molecule has 0 saturated carbocycles. The van der Waals surface area contributed by atoms with Crippen LogP contribution in [-0.2, 0) is 16.0 Å². The molecule has 3 nitrogen and oxygen atoms in total. The zero-order valence-corrected chi connectivity index (χ0v) is 12.1. The van der Waals surface area contributed by atoms with Crippen LogP contribution >= 0.6 is 11.6 Å². The third kappa shape index (κ3) is 5.79. The van der Waals surface area contributed by atoms with E-state index < -0.39 is 0 Å². The van der Waals surface area contributed by atoms with Gasteiger partial charge in [0, 0.05) is 11.1 Å². The molecular weight excluding hydrogens is 264 g/mol. The van der Waals surface area contributed by atoms with Gasteiger partial charge in [-0.15, -0.1) is 0 Å². The number of carbonyl (C=O) groups excluding carboxylic acids is 1. The summed E-state index contributed by atoms with van der Waals surface area (Å²) in [5.41, 5.74) is 0.945. The molecule has 0 atom stereocenters. The van der Waals surface area contributed by atoms with Gasteiger partial charge in [-0.2, -0.15) is 0 Å². The number of esters is 1. The second-order valence-corrected chi connectivity index (χ2v) is 4.49. The fraction of sp³-hybridized carbons (Fsp3) is 0.400. The fourth-order valence-corrected chi connectivity index (χ4v) is 1.72. The minimum Gasteiger partial charge on any atom is -0.497 e. The number of benzene rings is 1. The summed E-state index contributed by atoms with van der Waals surface area (Å²) < 4.78 is 10.1. The third-order valence-corrected chi connectivity index (χ3v) is 2.95. The quantitative estimate of drug-likeness (QED) is 0.434. The summed E-state index contributed by atoms with van der Waals surface area (Å²) in [5.74, 6) is 0.412. The van der Waals surface area contributed by atoms with Crippen molar-refractivity contribution in [2.45, 2.75) is 26.2 Å². The van der Waals surface area contributed by atoms with Crippen LogP contribution in [0.1, 0.15) is 25.3 Å². The van der Waals surface area contributed by atoms with Crippen molar-refractivity contribution in [3.8, 4) is 5.75 Å². The summed E-state index contributed by atoms with van der Waals surface area (Å²) in [7, 11) is 1.59. The normalized spacial score (nSPS) is 10.7. The van der Waals surface area contributed by atoms with Crippen LogP contribution in [0.4, 0.5) is 0 Å². The van der Waals surface area contributed by atoms with E-state index in [1.807, 2.05) is 12.1 Å². The van der Waals surface area contributed by atoms with Crippen LogP contribution in [0.3, 0.4) is 0 Å². The average Bonchev–Trinajstić information content (AvgIpc) is 2.41. The van der Waals surface area contributed by atoms with Crippen LogP contribution in [0, 0.1) is 0 Å². The molecule has 0 aromatic heterocycles. The third-order valence-electron chi connectivity index (χ3n) is 2.59. The zero-order valence-electron chi connectivity index (χ0n) is 11.3. The van der Waals surface area contributed by atoms with Crippen LogP contribution in [0.15, 0.2) is 30.4 Å². The van der Waals surface area contributed by atoms with E-state index in [9.17, 15) is 4.79 Å². The van der Waals surface area contributed by atoms with Gasteiger partial charge in [-0.25, -0.2) is 4.79 Å². The van der Waals surface area contributed by atoms with Gasteiger partial charge in [0.05, 0.1) is 13.7 Å². The maximum absolute atomic E-state index is 11.3. The second kappa shape index (κ2) is 8.59. The molecule has 0 aliphatic heterocycles. The Balaban J connectivity index is 2.45. The zero-order chi connectivity index (χ0) is 14.1. The lowest BCUT2D eigenvalue weighted by Gasteiger charge is -2.04. The predicted molar refractivity (Wildman–Crippen MR) is 76.7 cm³/mol. The lowest BCUT2D eigenvalue weighted by molar-refractivity contribution is -0.137. The van der Waals surface area contributed by atoms with Crippen molar-refractivity contribution in [3.63, 3.8) is 0 Å². The van der Waals surface area contributed by atoms with Gasteiger partial charge >= 0.3 is 5.97 Å². The molecule has 1 aromatic rings. The minimum absolute atomic E-state index is 0.307. The van der Waals surface area contributed by atoms with Gasteiger partial charge in [0.2, 0.25) is 0 Å². The molecule has 0 heterocycles. The highest BCUT2D eigenvalue weighted by atomic mass is 35.5. The average molecular weight is 283 g/mol. The topological polar surface area (TPSA) is 35.5 Å². The van der Waals surface area contributed by atoms with Crippen LogP contribution in [0.2, 0.25) is 5.02 Å². The fourth-order valence-electron chi connectivity index (χ4n) is 1.47. The molecule has 0 bridgehead atoms. The highest BCUT2D eigenvalue weighted by Crippen LogP contribution is 2.22. The molecule has 0 aliphatic rings. The molecule has 1 aromatic carbocycles. The molecule has 4 heteroatoms. The van der Waals surface area contributed by atoms with Crippen molar-refractivity contribution in [1.82, 2.24) is 0 Å². The maximum Gasteiger partial charge on any atom is 0.330 e. The Labute approximate surface area is 119 Å². The second-order valence-electron chi connectivity index (χ2n) is 4.08. The number of unbranched alkanes of at least 4 members (excludes halogenated alkanes) is 1. The van der Waals surface area contributed by atoms with Crippen molar-refractivity contribution < 1.29 is 14.3 Å². The summed E-state index contributed by atoms with van der Waals surface area (Å²) in [6, 6.07) is 5.48. The summed E-state index contributed by atoms with van der Waals surface area (Å²) in [4.78, 5) is 11.3. The van der Waals surface area contributed by atoms with Crippen LogP contribution < -0.4 is 4.74 Å². The van der Waals surface area contributed by atoms with E-state index in [-0.39, 0.29) is 5.97 Å². The number of allylic oxidation sites excluding steroid dienone is 1. The van der Waals surface area contributed by atoms with Crippen molar-refractivity contribution in [1.29, 1.82) is 0 Å². The van der Waals surface area contributed by atoms with E-state index >= 15 is 0 Å². The molecule has 0 amide bonds. The van der Waals surface area contributed by atoms with Gasteiger partial charge in [-0.1, -0.05) is 37.1 Å².